The maximum Gasteiger partial charge on any atom is 0.119 e. The summed E-state index contributed by atoms with van der Waals surface area (Å²) in [4.78, 5) is 7.64. The molecule has 4 heterocycles. The topological polar surface area (TPSA) is 106 Å². The van der Waals surface area contributed by atoms with Gasteiger partial charge >= 0.3 is 0 Å². The summed E-state index contributed by atoms with van der Waals surface area (Å²) in [5, 5.41) is 46.7. The average molecular weight is 687 g/mol. The number of nitrogens with zero attached hydrogens (tertiary/aromatic N) is 2. The van der Waals surface area contributed by atoms with Gasteiger partial charge in [-0.2, -0.15) is 0 Å². The zero-order valence-electron chi connectivity index (χ0n) is 30.9. The van der Waals surface area contributed by atoms with Gasteiger partial charge in [0.2, 0.25) is 0 Å². The van der Waals surface area contributed by atoms with E-state index in [0.29, 0.717) is 41.9 Å². The first-order valence-electron chi connectivity index (χ1n) is 20.0. The minimum Gasteiger partial charge on any atom is -0.497 e. The monoisotopic (exact) mass is 686 g/mol. The SMILES string of the molecule is C=C[C@H]1CN2CC[C@H]1C[C@H]2[C@H](O)c1cc(CC[C@@H](C)[C@H]2CC[C@H]3[C@@H]4[C@H](O)[C@H](O)[C@@H]5C[C@H](O)CC[C@]5(C)[C@H]4CC[C@]23C)nc2ccc(OC)cc12. The number of fused-ring (bicyclic) bond motifs is 9. The van der Waals surface area contributed by atoms with Crippen LogP contribution in [0.3, 0.4) is 0 Å². The van der Waals surface area contributed by atoms with E-state index in [2.05, 4.69) is 44.4 Å². The van der Waals surface area contributed by atoms with E-state index in [1.807, 2.05) is 18.2 Å². The molecule has 1 aromatic carbocycles. The van der Waals surface area contributed by atoms with E-state index >= 15 is 0 Å². The van der Waals surface area contributed by atoms with Crippen LogP contribution in [0.5, 0.6) is 5.75 Å². The van der Waals surface area contributed by atoms with E-state index in [-0.39, 0.29) is 34.8 Å². The molecule has 0 amide bonds. The van der Waals surface area contributed by atoms with Gasteiger partial charge in [-0.1, -0.05) is 26.8 Å². The molecule has 2 aromatic rings. The molecular formula is C43H62N2O5. The van der Waals surface area contributed by atoms with Crippen LogP contribution in [0.2, 0.25) is 0 Å². The van der Waals surface area contributed by atoms with Crippen LogP contribution in [-0.2, 0) is 6.42 Å². The molecule has 7 aliphatic rings. The van der Waals surface area contributed by atoms with Crippen LogP contribution < -0.4 is 4.74 Å². The molecule has 7 heteroatoms. The molecule has 4 aliphatic carbocycles. The smallest absolute Gasteiger partial charge is 0.119 e. The minimum absolute atomic E-state index is 0.0107. The number of hydrogen-bond donors (Lipinski definition) is 4. The Labute approximate surface area is 299 Å². The zero-order chi connectivity index (χ0) is 35.1. The highest BCUT2D eigenvalue weighted by atomic mass is 16.5. The van der Waals surface area contributed by atoms with E-state index in [4.69, 9.17) is 9.72 Å². The summed E-state index contributed by atoms with van der Waals surface area (Å²) in [5.74, 6) is 3.89. The third-order valence-corrected chi connectivity index (χ3v) is 16.3. The second-order valence-electron chi connectivity index (χ2n) is 18.3. The summed E-state index contributed by atoms with van der Waals surface area (Å²) in [6, 6.07) is 8.35. The van der Waals surface area contributed by atoms with Gasteiger partial charge in [0.25, 0.3) is 0 Å². The van der Waals surface area contributed by atoms with Crippen LogP contribution in [0.4, 0.5) is 0 Å². The fraction of sp³-hybridized carbons (Fsp3) is 0.744. The Balaban J connectivity index is 1.01. The highest BCUT2D eigenvalue weighted by Crippen LogP contribution is 2.68. The Bertz CT molecular complexity index is 1580. The highest BCUT2D eigenvalue weighted by Gasteiger charge is 2.65. The number of aryl methyl sites for hydroxylation is 1. The predicted molar refractivity (Wildman–Crippen MR) is 197 cm³/mol. The number of rotatable bonds is 8. The number of methoxy groups -OCH3 is 1. The summed E-state index contributed by atoms with van der Waals surface area (Å²) in [6.07, 6.45) is 10.7. The normalized spacial score (nSPS) is 45.0. The fourth-order valence-corrected chi connectivity index (χ4v) is 13.5. The Morgan fingerprint density at radius 1 is 0.980 bits per heavy atom. The fourth-order valence-electron chi connectivity index (χ4n) is 13.5. The summed E-state index contributed by atoms with van der Waals surface area (Å²) in [7, 11) is 1.69. The Hall–Kier alpha value is -2.03. The third kappa shape index (κ3) is 5.50. The second kappa shape index (κ2) is 13.1. The van der Waals surface area contributed by atoms with Gasteiger partial charge in [-0.05, 0) is 165 Å². The van der Waals surface area contributed by atoms with Crippen molar-refractivity contribution in [3.63, 3.8) is 0 Å². The van der Waals surface area contributed by atoms with E-state index in [9.17, 15) is 20.4 Å². The maximum absolute atomic E-state index is 12.1. The molecule has 274 valence electrons. The van der Waals surface area contributed by atoms with Crippen LogP contribution in [0.25, 0.3) is 10.9 Å². The van der Waals surface area contributed by atoms with Crippen LogP contribution in [0, 0.1) is 58.2 Å². The van der Waals surface area contributed by atoms with Gasteiger partial charge in [0.15, 0.2) is 0 Å². The third-order valence-electron chi connectivity index (χ3n) is 16.3. The van der Waals surface area contributed by atoms with Crippen molar-refractivity contribution >= 4 is 10.9 Å². The van der Waals surface area contributed by atoms with E-state index in [1.54, 1.807) is 7.11 Å². The molecule has 1 aromatic heterocycles. The minimum atomic E-state index is -0.748. The molecule has 2 bridgehead atoms. The molecule has 3 saturated heterocycles. The lowest BCUT2D eigenvalue weighted by atomic mass is 9.43. The van der Waals surface area contributed by atoms with Crippen molar-refractivity contribution in [3.8, 4) is 5.75 Å². The Kier molecular flexibility index (Phi) is 9.19. The van der Waals surface area contributed by atoms with Crippen LogP contribution in [-0.4, -0.2) is 74.9 Å². The lowest BCUT2D eigenvalue weighted by Crippen LogP contribution is -2.64. The van der Waals surface area contributed by atoms with E-state index in [1.165, 1.54) is 19.3 Å². The maximum atomic E-state index is 12.1. The van der Waals surface area contributed by atoms with Crippen molar-refractivity contribution in [1.82, 2.24) is 9.88 Å². The molecule has 16 atom stereocenters. The van der Waals surface area contributed by atoms with Gasteiger partial charge in [0.1, 0.15) is 5.75 Å². The number of aromatic nitrogens is 1. The number of benzene rings is 1. The zero-order valence-corrected chi connectivity index (χ0v) is 30.9. The van der Waals surface area contributed by atoms with Crippen molar-refractivity contribution in [2.45, 2.75) is 122 Å². The van der Waals surface area contributed by atoms with E-state index in [0.717, 1.165) is 85.9 Å². The number of aliphatic hydroxyl groups excluding tert-OH is 4. The van der Waals surface area contributed by atoms with Gasteiger partial charge in [0.05, 0.1) is 37.0 Å². The van der Waals surface area contributed by atoms with Crippen molar-refractivity contribution < 1.29 is 25.2 Å². The number of piperidine rings is 3. The van der Waals surface area contributed by atoms with Crippen LogP contribution in [0.1, 0.15) is 102 Å². The van der Waals surface area contributed by atoms with Crippen molar-refractivity contribution in [2.75, 3.05) is 20.2 Å². The summed E-state index contributed by atoms with van der Waals surface area (Å²) in [6.45, 7) is 13.4. The number of hydrogen-bond acceptors (Lipinski definition) is 7. The standard InChI is InChI=1S/C43H62N2O5/c1-6-25-23-45-18-15-26(25)19-37(45)39(47)31-20-27(44-36-12-9-29(50-5)22-30(31)36)8-7-24(2)32-10-11-33-38-34(14-17-42(32,33)3)43(4)16-13-28(46)21-35(43)40(48)41(38)49/h6,9,12,20,22,24-26,28,32-35,37-41,46-49H,1,7-8,10-11,13-19,21,23H2,2-5H3/t24-,25+,26+,28-,32-,33+,34+,35+,37+,38+,39-,40-,41+,42-,43-/m1/s1. The Morgan fingerprint density at radius 2 is 1.76 bits per heavy atom. The number of ether oxygens (including phenoxy) is 1. The van der Waals surface area contributed by atoms with Gasteiger partial charge < -0.3 is 25.2 Å². The van der Waals surface area contributed by atoms with Crippen molar-refractivity contribution in [2.24, 2.45) is 58.2 Å². The Morgan fingerprint density at radius 3 is 2.50 bits per heavy atom. The molecular weight excluding hydrogens is 624 g/mol. The van der Waals surface area contributed by atoms with Gasteiger partial charge in [-0.3, -0.25) is 9.88 Å². The summed E-state index contributed by atoms with van der Waals surface area (Å²) < 4.78 is 5.61. The van der Waals surface area contributed by atoms with Crippen LogP contribution >= 0.6 is 0 Å². The molecule has 9 rings (SSSR count). The molecule has 7 nitrogen and oxygen atoms in total. The molecule has 4 N–H and O–H groups in total. The molecule has 3 aliphatic heterocycles. The van der Waals surface area contributed by atoms with Gasteiger partial charge in [0, 0.05) is 23.7 Å². The summed E-state index contributed by atoms with van der Waals surface area (Å²) in [5.41, 5.74) is 3.08. The lowest BCUT2D eigenvalue weighted by Gasteiger charge is -2.63. The highest BCUT2D eigenvalue weighted by molar-refractivity contribution is 5.84. The van der Waals surface area contributed by atoms with Gasteiger partial charge in [-0.25, -0.2) is 0 Å². The van der Waals surface area contributed by atoms with Crippen molar-refractivity contribution in [1.29, 1.82) is 0 Å². The first-order chi connectivity index (χ1) is 24.0. The average Bonchev–Trinajstić information content (AvgIpc) is 3.49. The quantitative estimate of drug-likeness (QED) is 0.229. The van der Waals surface area contributed by atoms with E-state index < -0.39 is 18.3 Å². The molecule has 1 unspecified atom stereocenters. The molecule has 0 spiro atoms. The number of pyridine rings is 1. The molecule has 7 fully saturated rings. The molecule has 0 radical (unpaired) electrons. The molecule has 50 heavy (non-hydrogen) atoms. The predicted octanol–water partition coefficient (Wildman–Crippen LogP) is 6.70. The lowest BCUT2D eigenvalue weighted by molar-refractivity contribution is -0.223. The molecule has 4 saturated carbocycles. The largest absolute Gasteiger partial charge is 0.497 e. The van der Waals surface area contributed by atoms with Crippen molar-refractivity contribution in [3.05, 3.63) is 48.2 Å². The number of aliphatic hydroxyl groups is 4. The first kappa shape index (κ1) is 35.0. The summed E-state index contributed by atoms with van der Waals surface area (Å²) >= 11 is 0. The van der Waals surface area contributed by atoms with Crippen LogP contribution in [0.15, 0.2) is 36.9 Å². The second-order valence-corrected chi connectivity index (χ2v) is 18.3. The first-order valence-corrected chi connectivity index (χ1v) is 20.0. The van der Waals surface area contributed by atoms with Gasteiger partial charge in [-0.15, -0.1) is 6.58 Å².